The molecule has 5 heteroatoms. The van der Waals surface area contributed by atoms with E-state index >= 15 is 0 Å². The maximum absolute atomic E-state index is 12.6. The zero-order valence-electron chi connectivity index (χ0n) is 6.77. The first-order valence-corrected chi connectivity index (χ1v) is 3.46. The van der Waals surface area contributed by atoms with E-state index in [1.807, 2.05) is 5.92 Å². The second kappa shape index (κ2) is 3.83. The van der Waals surface area contributed by atoms with E-state index in [1.54, 1.807) is 0 Å². The van der Waals surface area contributed by atoms with Crippen molar-refractivity contribution in [1.82, 2.24) is 0 Å². The maximum Gasteiger partial charge on any atom is 0.293 e. The fourth-order valence-electron chi connectivity index (χ4n) is 0.761. The first-order valence-electron chi connectivity index (χ1n) is 3.46. The van der Waals surface area contributed by atoms with E-state index in [-0.39, 0.29) is 5.56 Å². The molecule has 0 aliphatic rings. The standard InChI is InChI=1S/C9H4F3NO/c10-6-3-5(1-2-8(13)14)4-7(11)9(6)12/h3-4H,(H2,13,14). The second-order valence-electron chi connectivity index (χ2n) is 2.37. The van der Waals surface area contributed by atoms with Crippen molar-refractivity contribution >= 4 is 5.91 Å². The third-order valence-corrected chi connectivity index (χ3v) is 1.31. The van der Waals surface area contributed by atoms with E-state index in [9.17, 15) is 18.0 Å². The molecule has 14 heavy (non-hydrogen) atoms. The molecular formula is C9H4F3NO. The van der Waals surface area contributed by atoms with Crippen LogP contribution in [0.3, 0.4) is 0 Å². The van der Waals surface area contributed by atoms with Crippen molar-refractivity contribution in [3.05, 3.63) is 35.1 Å². The fraction of sp³-hybridized carbons (Fsp3) is 0. The molecule has 0 atom stereocenters. The fourth-order valence-corrected chi connectivity index (χ4v) is 0.761. The van der Waals surface area contributed by atoms with Crippen molar-refractivity contribution in [2.45, 2.75) is 0 Å². The van der Waals surface area contributed by atoms with Gasteiger partial charge < -0.3 is 5.73 Å². The lowest BCUT2D eigenvalue weighted by Gasteiger charge is -1.95. The van der Waals surface area contributed by atoms with Gasteiger partial charge in [-0.2, -0.15) is 0 Å². The summed E-state index contributed by atoms with van der Waals surface area (Å²) in [7, 11) is 0. The van der Waals surface area contributed by atoms with Crippen LogP contribution >= 0.6 is 0 Å². The van der Waals surface area contributed by atoms with Crippen LogP contribution in [0.15, 0.2) is 12.1 Å². The molecule has 72 valence electrons. The van der Waals surface area contributed by atoms with Crippen LogP contribution in [-0.2, 0) is 4.79 Å². The summed E-state index contributed by atoms with van der Waals surface area (Å²) in [5, 5.41) is 0. The predicted molar refractivity (Wildman–Crippen MR) is 42.4 cm³/mol. The molecule has 0 aliphatic heterocycles. The number of benzene rings is 1. The van der Waals surface area contributed by atoms with Gasteiger partial charge in [-0.25, -0.2) is 13.2 Å². The van der Waals surface area contributed by atoms with E-state index in [0.29, 0.717) is 12.1 Å². The van der Waals surface area contributed by atoms with Gasteiger partial charge in [0, 0.05) is 5.56 Å². The lowest BCUT2D eigenvalue weighted by atomic mass is 10.2. The first-order chi connectivity index (χ1) is 6.50. The van der Waals surface area contributed by atoms with Crippen molar-refractivity contribution in [2.75, 3.05) is 0 Å². The van der Waals surface area contributed by atoms with Crippen LogP contribution in [0, 0.1) is 29.3 Å². The topological polar surface area (TPSA) is 43.1 Å². The average molecular weight is 199 g/mol. The van der Waals surface area contributed by atoms with E-state index in [0.717, 1.165) is 0 Å². The molecule has 1 aromatic carbocycles. The molecule has 0 heterocycles. The third kappa shape index (κ3) is 2.26. The average Bonchev–Trinajstić information content (AvgIpc) is 2.10. The van der Waals surface area contributed by atoms with E-state index in [2.05, 4.69) is 11.7 Å². The number of carbonyl (C=O) groups excluding carboxylic acids is 1. The molecule has 2 nitrogen and oxygen atoms in total. The zero-order chi connectivity index (χ0) is 10.7. The Kier molecular flexibility index (Phi) is 2.77. The number of hydrogen-bond acceptors (Lipinski definition) is 1. The summed E-state index contributed by atoms with van der Waals surface area (Å²) >= 11 is 0. The van der Waals surface area contributed by atoms with E-state index in [4.69, 9.17) is 0 Å². The number of amides is 1. The second-order valence-corrected chi connectivity index (χ2v) is 2.37. The van der Waals surface area contributed by atoms with Crippen molar-refractivity contribution in [1.29, 1.82) is 0 Å². The Hall–Kier alpha value is -1.96. The van der Waals surface area contributed by atoms with Crippen LogP contribution < -0.4 is 5.73 Å². The highest BCUT2D eigenvalue weighted by atomic mass is 19.2. The van der Waals surface area contributed by atoms with Crippen LogP contribution in [-0.4, -0.2) is 5.91 Å². The zero-order valence-corrected chi connectivity index (χ0v) is 6.77. The van der Waals surface area contributed by atoms with Crippen molar-refractivity contribution in [3.8, 4) is 11.8 Å². The minimum Gasteiger partial charge on any atom is -0.359 e. The van der Waals surface area contributed by atoms with Gasteiger partial charge in [0.25, 0.3) is 5.91 Å². The Morgan fingerprint density at radius 2 is 1.71 bits per heavy atom. The number of hydrogen-bond donors (Lipinski definition) is 1. The molecule has 0 saturated carbocycles. The molecule has 0 bridgehead atoms. The van der Waals surface area contributed by atoms with Crippen LogP contribution in [0.2, 0.25) is 0 Å². The quantitative estimate of drug-likeness (QED) is 0.490. The van der Waals surface area contributed by atoms with Crippen molar-refractivity contribution in [3.63, 3.8) is 0 Å². The van der Waals surface area contributed by atoms with Gasteiger partial charge in [-0.15, -0.1) is 0 Å². The normalized spacial score (nSPS) is 9.07. The van der Waals surface area contributed by atoms with Crippen LogP contribution in [0.1, 0.15) is 5.56 Å². The largest absolute Gasteiger partial charge is 0.359 e. The number of rotatable bonds is 0. The summed E-state index contributed by atoms with van der Waals surface area (Å²) < 4.78 is 37.6. The molecule has 1 amide bonds. The minimum absolute atomic E-state index is 0.153. The molecule has 2 N–H and O–H groups in total. The summed E-state index contributed by atoms with van der Waals surface area (Å²) in [4.78, 5) is 10.2. The van der Waals surface area contributed by atoms with Crippen LogP contribution in [0.4, 0.5) is 13.2 Å². The Bertz CT molecular complexity index is 422. The Morgan fingerprint density at radius 1 is 1.21 bits per heavy atom. The summed E-state index contributed by atoms with van der Waals surface area (Å²) in [6, 6.07) is 1.35. The Balaban J connectivity index is 3.15. The molecule has 0 radical (unpaired) electrons. The molecule has 1 aromatic rings. The minimum atomic E-state index is -1.57. The van der Waals surface area contributed by atoms with Crippen LogP contribution in [0.25, 0.3) is 0 Å². The molecule has 0 aromatic heterocycles. The van der Waals surface area contributed by atoms with E-state index < -0.39 is 23.4 Å². The van der Waals surface area contributed by atoms with Crippen molar-refractivity contribution < 1.29 is 18.0 Å². The molecule has 1 rings (SSSR count). The van der Waals surface area contributed by atoms with E-state index in [1.165, 1.54) is 0 Å². The molecule has 0 spiro atoms. The van der Waals surface area contributed by atoms with Gasteiger partial charge in [-0.3, -0.25) is 4.79 Å². The number of nitrogens with two attached hydrogens (primary N) is 1. The van der Waals surface area contributed by atoms with Crippen molar-refractivity contribution in [2.24, 2.45) is 5.73 Å². The van der Waals surface area contributed by atoms with Gasteiger partial charge in [-0.05, 0) is 18.1 Å². The summed E-state index contributed by atoms with van der Waals surface area (Å²) in [5.74, 6) is -1.28. The highest BCUT2D eigenvalue weighted by Crippen LogP contribution is 2.12. The number of primary amides is 1. The molecule has 0 fully saturated rings. The highest BCUT2D eigenvalue weighted by molar-refractivity contribution is 5.92. The van der Waals surface area contributed by atoms with Gasteiger partial charge in [0.2, 0.25) is 0 Å². The van der Waals surface area contributed by atoms with Gasteiger partial charge in [-0.1, -0.05) is 5.92 Å². The summed E-state index contributed by atoms with van der Waals surface area (Å²) in [5.41, 5.74) is 4.52. The highest BCUT2D eigenvalue weighted by Gasteiger charge is 2.08. The van der Waals surface area contributed by atoms with Gasteiger partial charge in [0.15, 0.2) is 17.5 Å². The maximum atomic E-state index is 12.6. The Morgan fingerprint density at radius 3 is 2.14 bits per heavy atom. The SMILES string of the molecule is NC(=O)C#Cc1cc(F)c(F)c(F)c1. The summed E-state index contributed by atoms with van der Waals surface area (Å²) in [6.07, 6.45) is 0. The monoisotopic (exact) mass is 199 g/mol. The predicted octanol–water partition coefficient (Wildman–Crippen LogP) is 0.941. The molecule has 0 unspecified atom stereocenters. The molecule has 0 saturated heterocycles. The third-order valence-electron chi connectivity index (χ3n) is 1.31. The summed E-state index contributed by atoms with van der Waals surface area (Å²) in [6.45, 7) is 0. The van der Waals surface area contributed by atoms with Gasteiger partial charge in [0.05, 0.1) is 0 Å². The smallest absolute Gasteiger partial charge is 0.293 e. The lowest BCUT2D eigenvalue weighted by molar-refractivity contribution is -0.112. The first kappa shape index (κ1) is 10.1. The number of carbonyl (C=O) groups is 1. The lowest BCUT2D eigenvalue weighted by Crippen LogP contribution is -2.06. The van der Waals surface area contributed by atoms with Gasteiger partial charge in [0.1, 0.15) is 0 Å². The van der Waals surface area contributed by atoms with Gasteiger partial charge >= 0.3 is 0 Å². The van der Waals surface area contributed by atoms with Crippen LogP contribution in [0.5, 0.6) is 0 Å². The Labute approximate surface area is 77.5 Å². The number of halogens is 3. The molecular weight excluding hydrogens is 195 g/mol. The molecule has 0 aliphatic carbocycles.